The van der Waals surface area contributed by atoms with Crippen LogP contribution in [0.4, 0.5) is 0 Å². The topological polar surface area (TPSA) is 17.1 Å². The van der Waals surface area contributed by atoms with Crippen molar-refractivity contribution in [1.29, 1.82) is 0 Å². The highest BCUT2D eigenvalue weighted by Gasteiger charge is 2.14. The van der Waals surface area contributed by atoms with Crippen molar-refractivity contribution in [2.75, 3.05) is 0 Å². The minimum absolute atomic E-state index is 0.0625. The lowest BCUT2D eigenvalue weighted by Gasteiger charge is -2.21. The van der Waals surface area contributed by atoms with Crippen LogP contribution in [-0.2, 0) is 11.2 Å². The van der Waals surface area contributed by atoms with Crippen molar-refractivity contribution in [3.8, 4) is 0 Å². The van der Waals surface area contributed by atoms with E-state index < -0.39 is 0 Å². The van der Waals surface area contributed by atoms with Crippen LogP contribution < -0.4 is 0 Å². The van der Waals surface area contributed by atoms with E-state index in [1.165, 1.54) is 62.5 Å². The summed E-state index contributed by atoms with van der Waals surface area (Å²) in [4.78, 5) is 10.8. The molecule has 0 radical (unpaired) electrons. The van der Waals surface area contributed by atoms with E-state index >= 15 is 0 Å². The zero-order chi connectivity index (χ0) is 32.3. The number of carbonyl (C=O) groups excluding carboxylic acids is 1. The van der Waals surface area contributed by atoms with Gasteiger partial charge in [-0.25, -0.2) is 0 Å². The van der Waals surface area contributed by atoms with Crippen molar-refractivity contribution >= 4 is 5.78 Å². The van der Waals surface area contributed by atoms with E-state index in [2.05, 4.69) is 104 Å². The fraction of sp³-hybridized carbons (Fsp3) is 0.488. The average Bonchev–Trinajstić information content (AvgIpc) is 2.96. The summed E-state index contributed by atoms with van der Waals surface area (Å²) in [6.45, 7) is 26.6. The predicted molar refractivity (Wildman–Crippen MR) is 192 cm³/mol. The standard InChI is InChI=1S/C13H18O.C11H14.C8H10.C5H12.C4H10/c1-6-13(8-7-12(5)14)11(4)9-10(2)3;1-9-5-4-7-10-6-2-3-8-11(9)10;1-7-3-5-8(2)6-4-7;1-3-5-4-2;1-3-4-2/h6-9H,2H2,1,3-5H3;2-3,6,8-9H,4-5,7H2,1H3;3-6H,1-2H3;3-5H2,1-2H3;3-4H2,1-2H3/b8-7-,11-9-,13-6-;;;;. The van der Waals surface area contributed by atoms with Gasteiger partial charge in [0.05, 0.1) is 0 Å². The first-order valence-electron chi connectivity index (χ1n) is 16.3. The molecule has 3 rings (SSSR count). The number of fused-ring (bicyclic) bond motifs is 1. The van der Waals surface area contributed by atoms with Crippen LogP contribution in [0.3, 0.4) is 0 Å². The van der Waals surface area contributed by atoms with Crippen LogP contribution in [0.1, 0.15) is 135 Å². The summed E-state index contributed by atoms with van der Waals surface area (Å²) < 4.78 is 0. The smallest absolute Gasteiger partial charge is 0.152 e. The number of ketones is 1. The highest BCUT2D eigenvalue weighted by Crippen LogP contribution is 2.30. The Morgan fingerprint density at radius 3 is 1.74 bits per heavy atom. The lowest BCUT2D eigenvalue weighted by molar-refractivity contribution is -0.112. The lowest BCUT2D eigenvalue weighted by Crippen LogP contribution is -2.05. The van der Waals surface area contributed by atoms with Crippen molar-refractivity contribution in [2.45, 2.75) is 133 Å². The third-order valence-corrected chi connectivity index (χ3v) is 6.82. The van der Waals surface area contributed by atoms with Crippen molar-refractivity contribution in [1.82, 2.24) is 0 Å². The zero-order valence-electron chi connectivity index (χ0n) is 29.3. The molecule has 0 saturated carbocycles. The maximum absolute atomic E-state index is 10.8. The van der Waals surface area contributed by atoms with Crippen LogP contribution in [0.5, 0.6) is 0 Å². The quantitative estimate of drug-likeness (QED) is 0.238. The van der Waals surface area contributed by atoms with Crippen LogP contribution in [0.15, 0.2) is 96.1 Å². The molecular formula is C41H64O. The van der Waals surface area contributed by atoms with Gasteiger partial charge in [-0.2, -0.15) is 0 Å². The Kier molecular flexibility index (Phi) is 26.4. The molecule has 1 nitrogen and oxygen atoms in total. The van der Waals surface area contributed by atoms with Crippen molar-refractivity contribution in [3.63, 3.8) is 0 Å². The van der Waals surface area contributed by atoms with Gasteiger partial charge in [-0.15, -0.1) is 0 Å². The number of aryl methyl sites for hydroxylation is 3. The van der Waals surface area contributed by atoms with Gasteiger partial charge in [-0.1, -0.05) is 157 Å². The van der Waals surface area contributed by atoms with Gasteiger partial charge in [-0.3, -0.25) is 4.79 Å². The molecule has 0 heterocycles. The summed E-state index contributed by atoms with van der Waals surface area (Å²) in [5.74, 6) is 0.854. The molecule has 0 amide bonds. The molecule has 0 saturated heterocycles. The van der Waals surface area contributed by atoms with Gasteiger partial charge in [-0.05, 0) is 95.1 Å². The fourth-order valence-electron chi connectivity index (χ4n) is 4.10. The highest BCUT2D eigenvalue weighted by atomic mass is 16.1. The van der Waals surface area contributed by atoms with Crippen molar-refractivity contribution < 1.29 is 4.79 Å². The normalized spacial score (nSPS) is 13.9. The number of rotatable bonds is 7. The number of hydrogen-bond acceptors (Lipinski definition) is 1. The molecule has 2 aromatic carbocycles. The molecule has 42 heavy (non-hydrogen) atoms. The summed E-state index contributed by atoms with van der Waals surface area (Å²) in [7, 11) is 0. The summed E-state index contributed by atoms with van der Waals surface area (Å²) in [6, 6.07) is 17.3. The SMILES string of the molecule is C=C(C)\C=C(C)/C(/C=C\C(C)=O)=C\C.CC1CCCc2ccccc21.CCCC.CCCCC.Cc1ccc(C)cc1. The first kappa shape index (κ1) is 41.2. The monoisotopic (exact) mass is 572 g/mol. The molecule has 1 atom stereocenters. The number of unbranched alkanes of at least 4 members (excludes halogenated alkanes) is 3. The Bertz CT molecular complexity index is 1040. The zero-order valence-corrected chi connectivity index (χ0v) is 29.3. The van der Waals surface area contributed by atoms with Crippen LogP contribution in [0.25, 0.3) is 0 Å². The van der Waals surface area contributed by atoms with E-state index in [0.29, 0.717) is 0 Å². The summed E-state index contributed by atoms with van der Waals surface area (Å²) in [5, 5.41) is 0. The van der Waals surface area contributed by atoms with E-state index in [9.17, 15) is 4.79 Å². The van der Waals surface area contributed by atoms with Gasteiger partial charge in [0, 0.05) is 0 Å². The Balaban J connectivity index is 0. The number of benzene rings is 2. The Morgan fingerprint density at radius 2 is 1.36 bits per heavy atom. The molecular weight excluding hydrogens is 508 g/mol. The second-order valence-electron chi connectivity index (χ2n) is 11.4. The van der Waals surface area contributed by atoms with Gasteiger partial charge in [0.15, 0.2) is 5.78 Å². The maximum Gasteiger partial charge on any atom is 0.152 e. The maximum atomic E-state index is 10.8. The fourth-order valence-corrected chi connectivity index (χ4v) is 4.10. The van der Waals surface area contributed by atoms with Crippen molar-refractivity contribution in [2.24, 2.45) is 0 Å². The molecule has 1 heteroatoms. The van der Waals surface area contributed by atoms with Gasteiger partial charge in [0.1, 0.15) is 0 Å². The van der Waals surface area contributed by atoms with Gasteiger partial charge >= 0.3 is 0 Å². The summed E-state index contributed by atoms with van der Waals surface area (Å²) in [5.41, 5.74) is 9.01. The molecule has 0 N–H and O–H groups in total. The molecule has 0 aliphatic heterocycles. The van der Waals surface area contributed by atoms with Crippen LogP contribution >= 0.6 is 0 Å². The predicted octanol–water partition coefficient (Wildman–Crippen LogP) is 13.0. The number of carbonyl (C=O) groups is 1. The molecule has 0 bridgehead atoms. The Morgan fingerprint density at radius 1 is 0.833 bits per heavy atom. The highest BCUT2D eigenvalue weighted by molar-refractivity contribution is 5.87. The van der Waals surface area contributed by atoms with E-state index in [-0.39, 0.29) is 5.78 Å². The largest absolute Gasteiger partial charge is 0.295 e. The van der Waals surface area contributed by atoms with Crippen LogP contribution in [0, 0.1) is 13.8 Å². The molecule has 1 unspecified atom stereocenters. The van der Waals surface area contributed by atoms with E-state index in [1.807, 2.05) is 39.0 Å². The van der Waals surface area contributed by atoms with Crippen LogP contribution in [-0.4, -0.2) is 5.78 Å². The second-order valence-corrected chi connectivity index (χ2v) is 11.4. The Hall–Kier alpha value is -2.93. The van der Waals surface area contributed by atoms with Gasteiger partial charge < -0.3 is 0 Å². The molecule has 2 aromatic rings. The number of hydrogen-bond donors (Lipinski definition) is 0. The molecule has 0 aromatic heterocycles. The molecule has 0 spiro atoms. The summed E-state index contributed by atoms with van der Waals surface area (Å²) >= 11 is 0. The van der Waals surface area contributed by atoms with Crippen LogP contribution in [0.2, 0.25) is 0 Å². The van der Waals surface area contributed by atoms with E-state index in [4.69, 9.17) is 0 Å². The first-order valence-corrected chi connectivity index (χ1v) is 16.3. The first-order chi connectivity index (χ1) is 20.0. The van der Waals surface area contributed by atoms with E-state index in [0.717, 1.165) is 22.6 Å². The molecule has 1 aliphatic rings. The summed E-state index contributed by atoms with van der Waals surface area (Å²) in [6.07, 6.45) is 18.1. The molecule has 1 aliphatic carbocycles. The minimum Gasteiger partial charge on any atom is -0.295 e. The lowest BCUT2D eigenvalue weighted by atomic mass is 9.84. The third-order valence-electron chi connectivity index (χ3n) is 6.82. The van der Waals surface area contributed by atoms with E-state index in [1.54, 1.807) is 24.1 Å². The van der Waals surface area contributed by atoms with Gasteiger partial charge in [0.25, 0.3) is 0 Å². The molecule has 0 fully saturated rings. The number of allylic oxidation sites excluding steroid dienone is 7. The Labute approximate surface area is 261 Å². The minimum atomic E-state index is 0.0625. The average molecular weight is 573 g/mol. The van der Waals surface area contributed by atoms with Gasteiger partial charge in [0.2, 0.25) is 0 Å². The molecule has 234 valence electrons. The van der Waals surface area contributed by atoms with Crippen molar-refractivity contribution in [3.05, 3.63) is 118 Å². The second kappa shape index (κ2) is 26.9. The third kappa shape index (κ3) is 22.7.